The number of hydrogen-bond donors (Lipinski definition) is 0. The van der Waals surface area contributed by atoms with Gasteiger partial charge in [-0.15, -0.1) is 0 Å². The van der Waals surface area contributed by atoms with E-state index in [0.717, 1.165) is 30.5 Å². The zero-order valence-corrected chi connectivity index (χ0v) is 19.8. The maximum absolute atomic E-state index is 14.5. The van der Waals surface area contributed by atoms with Gasteiger partial charge in [0.2, 0.25) is 0 Å². The van der Waals surface area contributed by atoms with Gasteiger partial charge in [-0.3, -0.25) is 9.59 Å². The number of piperazine rings is 1. The molecule has 0 unspecified atom stereocenters. The van der Waals surface area contributed by atoms with Crippen LogP contribution in [0.4, 0.5) is 4.39 Å². The van der Waals surface area contributed by atoms with Gasteiger partial charge in [-0.25, -0.2) is 9.07 Å². The van der Waals surface area contributed by atoms with E-state index in [-0.39, 0.29) is 17.6 Å². The molecule has 2 amide bonds. The van der Waals surface area contributed by atoms with Crippen LogP contribution >= 0.6 is 0 Å². The van der Waals surface area contributed by atoms with Gasteiger partial charge in [0.05, 0.1) is 19.8 Å². The predicted molar refractivity (Wildman–Crippen MR) is 127 cm³/mol. The van der Waals surface area contributed by atoms with Crippen molar-refractivity contribution in [1.82, 2.24) is 19.6 Å². The fourth-order valence-corrected chi connectivity index (χ4v) is 4.84. The van der Waals surface area contributed by atoms with Gasteiger partial charge in [0, 0.05) is 43.5 Å². The number of fused-ring (bicyclic) bond motifs is 1. The third kappa shape index (κ3) is 4.11. The summed E-state index contributed by atoms with van der Waals surface area (Å²) in [5.41, 5.74) is 3.00. The van der Waals surface area contributed by atoms with E-state index in [0.29, 0.717) is 54.6 Å². The van der Waals surface area contributed by atoms with Crippen LogP contribution in [0.25, 0.3) is 5.69 Å². The van der Waals surface area contributed by atoms with Crippen molar-refractivity contribution in [3.63, 3.8) is 0 Å². The van der Waals surface area contributed by atoms with Gasteiger partial charge >= 0.3 is 0 Å². The van der Waals surface area contributed by atoms with E-state index in [1.54, 1.807) is 58.0 Å². The van der Waals surface area contributed by atoms with E-state index in [2.05, 4.69) is 5.10 Å². The normalized spacial score (nSPS) is 15.2. The van der Waals surface area contributed by atoms with Gasteiger partial charge in [0.15, 0.2) is 5.69 Å². The van der Waals surface area contributed by atoms with Crippen molar-refractivity contribution in [3.8, 4) is 17.2 Å². The Kier molecular flexibility index (Phi) is 6.15. The molecular formula is C26H27FN4O4. The van der Waals surface area contributed by atoms with E-state index in [9.17, 15) is 14.0 Å². The molecular weight excluding hydrogens is 451 g/mol. The van der Waals surface area contributed by atoms with Gasteiger partial charge in [0.1, 0.15) is 23.0 Å². The van der Waals surface area contributed by atoms with Crippen LogP contribution in [-0.4, -0.2) is 71.8 Å². The second-order valence-electron chi connectivity index (χ2n) is 8.64. The summed E-state index contributed by atoms with van der Waals surface area (Å²) in [6.45, 7) is 1.58. The molecule has 2 aromatic carbocycles. The summed E-state index contributed by atoms with van der Waals surface area (Å²) >= 11 is 0. The van der Waals surface area contributed by atoms with Crippen molar-refractivity contribution in [2.24, 2.45) is 0 Å². The van der Waals surface area contributed by atoms with E-state index >= 15 is 0 Å². The lowest BCUT2D eigenvalue weighted by molar-refractivity contribution is 0.0529. The first-order valence-corrected chi connectivity index (χ1v) is 11.7. The first-order chi connectivity index (χ1) is 17.0. The SMILES string of the molecule is COc1ccc(C(=O)N2CCN(C(=O)c3nn(-c4ccccc4F)c4c3CCC4)CC2)c(OC)c1. The van der Waals surface area contributed by atoms with Crippen LogP contribution in [0.3, 0.4) is 0 Å². The molecule has 3 aromatic rings. The van der Waals surface area contributed by atoms with E-state index in [4.69, 9.17) is 9.47 Å². The Bertz CT molecular complexity index is 1280. The molecule has 1 saturated heterocycles. The van der Waals surface area contributed by atoms with Crippen LogP contribution in [-0.2, 0) is 12.8 Å². The Labute approximate surface area is 202 Å². The number of benzene rings is 2. The van der Waals surface area contributed by atoms with Crippen molar-refractivity contribution < 1.29 is 23.5 Å². The lowest BCUT2D eigenvalue weighted by Crippen LogP contribution is -2.50. The van der Waals surface area contributed by atoms with Crippen molar-refractivity contribution >= 4 is 11.8 Å². The number of halogens is 1. The number of carbonyl (C=O) groups is 2. The summed E-state index contributed by atoms with van der Waals surface area (Å²) in [7, 11) is 3.07. The highest BCUT2D eigenvalue weighted by Crippen LogP contribution is 2.30. The molecule has 0 radical (unpaired) electrons. The highest BCUT2D eigenvalue weighted by molar-refractivity contribution is 5.98. The predicted octanol–water partition coefficient (Wildman–Crippen LogP) is 3.12. The minimum atomic E-state index is -0.371. The summed E-state index contributed by atoms with van der Waals surface area (Å²) in [6, 6.07) is 11.6. The molecule has 1 fully saturated rings. The smallest absolute Gasteiger partial charge is 0.274 e. The second kappa shape index (κ2) is 9.40. The summed E-state index contributed by atoms with van der Waals surface area (Å²) in [5.74, 6) is 0.358. The van der Waals surface area contributed by atoms with E-state index in [1.165, 1.54) is 13.2 Å². The quantitative estimate of drug-likeness (QED) is 0.563. The van der Waals surface area contributed by atoms with Gasteiger partial charge < -0.3 is 19.3 Å². The molecule has 1 aromatic heterocycles. The van der Waals surface area contributed by atoms with Crippen molar-refractivity contribution in [3.05, 3.63) is 70.8 Å². The first-order valence-electron chi connectivity index (χ1n) is 11.7. The summed E-state index contributed by atoms with van der Waals surface area (Å²) in [6.07, 6.45) is 2.42. The summed E-state index contributed by atoms with van der Waals surface area (Å²) in [4.78, 5) is 30.0. The summed E-state index contributed by atoms with van der Waals surface area (Å²) in [5, 5.41) is 4.56. The van der Waals surface area contributed by atoms with Crippen molar-refractivity contribution in [2.45, 2.75) is 19.3 Å². The van der Waals surface area contributed by atoms with Gasteiger partial charge in [-0.05, 0) is 43.5 Å². The zero-order valence-electron chi connectivity index (χ0n) is 19.8. The Morgan fingerprint density at radius 2 is 1.63 bits per heavy atom. The maximum Gasteiger partial charge on any atom is 0.274 e. The largest absolute Gasteiger partial charge is 0.497 e. The molecule has 0 atom stereocenters. The first kappa shape index (κ1) is 22.9. The number of methoxy groups -OCH3 is 2. The van der Waals surface area contributed by atoms with E-state index < -0.39 is 0 Å². The molecule has 9 heteroatoms. The number of rotatable bonds is 5. The lowest BCUT2D eigenvalue weighted by atomic mass is 10.1. The zero-order chi connectivity index (χ0) is 24.5. The van der Waals surface area contributed by atoms with Crippen LogP contribution in [0.2, 0.25) is 0 Å². The molecule has 0 N–H and O–H groups in total. The average Bonchev–Trinajstić information content (AvgIpc) is 3.51. The van der Waals surface area contributed by atoms with Gasteiger partial charge in [-0.1, -0.05) is 12.1 Å². The monoisotopic (exact) mass is 478 g/mol. The molecule has 35 heavy (non-hydrogen) atoms. The molecule has 1 aliphatic heterocycles. The molecule has 1 aliphatic carbocycles. The second-order valence-corrected chi connectivity index (χ2v) is 8.64. The van der Waals surface area contributed by atoms with Crippen LogP contribution < -0.4 is 9.47 Å². The highest BCUT2D eigenvalue weighted by atomic mass is 19.1. The number of carbonyl (C=O) groups excluding carboxylic acids is 2. The Morgan fingerprint density at radius 1 is 0.914 bits per heavy atom. The average molecular weight is 479 g/mol. The van der Waals surface area contributed by atoms with Crippen LogP contribution in [0.15, 0.2) is 42.5 Å². The third-order valence-corrected chi connectivity index (χ3v) is 6.71. The van der Waals surface area contributed by atoms with Crippen molar-refractivity contribution in [1.29, 1.82) is 0 Å². The summed E-state index contributed by atoms with van der Waals surface area (Å²) < 4.78 is 26.6. The van der Waals surface area contributed by atoms with Gasteiger partial charge in [-0.2, -0.15) is 5.10 Å². The minimum absolute atomic E-state index is 0.152. The molecule has 182 valence electrons. The van der Waals surface area contributed by atoms with Crippen LogP contribution in [0.5, 0.6) is 11.5 Å². The third-order valence-electron chi connectivity index (χ3n) is 6.71. The highest BCUT2D eigenvalue weighted by Gasteiger charge is 2.33. The number of para-hydroxylation sites is 1. The van der Waals surface area contributed by atoms with Crippen molar-refractivity contribution in [2.75, 3.05) is 40.4 Å². The maximum atomic E-state index is 14.5. The number of hydrogen-bond acceptors (Lipinski definition) is 5. The van der Waals surface area contributed by atoms with E-state index in [1.807, 2.05) is 0 Å². The number of aromatic nitrogens is 2. The molecule has 0 saturated carbocycles. The molecule has 0 bridgehead atoms. The molecule has 0 spiro atoms. The molecule has 2 aliphatic rings. The number of nitrogens with zero attached hydrogens (tertiary/aromatic N) is 4. The minimum Gasteiger partial charge on any atom is -0.497 e. The Balaban J connectivity index is 1.32. The number of amides is 2. The molecule has 2 heterocycles. The fourth-order valence-electron chi connectivity index (χ4n) is 4.84. The Morgan fingerprint density at radius 3 is 2.31 bits per heavy atom. The van der Waals surface area contributed by atoms with Crippen LogP contribution in [0.1, 0.15) is 38.5 Å². The standard InChI is InChI=1S/C26H27FN4O4/c1-34-17-10-11-19(23(16-17)35-2)25(32)29-12-14-30(15-13-29)26(33)24-18-6-5-9-21(18)31(28-24)22-8-4-3-7-20(22)27/h3-4,7-8,10-11,16H,5-6,9,12-15H2,1-2H3. The molecule has 5 rings (SSSR count). The number of ether oxygens (including phenoxy) is 2. The van der Waals surface area contributed by atoms with Gasteiger partial charge in [0.25, 0.3) is 11.8 Å². The topological polar surface area (TPSA) is 76.9 Å². The molecule has 8 nitrogen and oxygen atoms in total. The fraction of sp³-hybridized carbons (Fsp3) is 0.346. The lowest BCUT2D eigenvalue weighted by Gasteiger charge is -2.34. The van der Waals surface area contributed by atoms with Crippen LogP contribution in [0, 0.1) is 5.82 Å². The Hall–Kier alpha value is -3.88.